The summed E-state index contributed by atoms with van der Waals surface area (Å²) in [5, 5.41) is 13.3. The van der Waals surface area contributed by atoms with Gasteiger partial charge in [-0.25, -0.2) is 0 Å². The molecule has 0 aliphatic rings. The largest absolute Gasteiger partial charge is 0.348 e. The molecule has 0 fully saturated rings. The third kappa shape index (κ3) is 3.35. The number of rotatable bonds is 4. The monoisotopic (exact) mass is 257 g/mol. The Bertz CT molecular complexity index is 599. The number of hydrogen-bond donors (Lipinski definition) is 1. The fraction of sp³-hybridized carbons (Fsp3) is 0.0769. The molecule has 0 spiro atoms. The number of nitro groups is 1. The summed E-state index contributed by atoms with van der Waals surface area (Å²) < 4.78 is 0. The number of nitrogens with zero attached hydrogens (tertiary/aromatic N) is 2. The van der Waals surface area contributed by atoms with E-state index in [1.165, 1.54) is 24.3 Å². The molecule has 0 saturated heterocycles. The lowest BCUT2D eigenvalue weighted by atomic mass is 10.2. The van der Waals surface area contributed by atoms with Gasteiger partial charge in [0, 0.05) is 36.6 Å². The van der Waals surface area contributed by atoms with E-state index in [0.717, 1.165) is 5.56 Å². The second kappa shape index (κ2) is 5.72. The molecule has 2 aromatic rings. The van der Waals surface area contributed by atoms with Crippen LogP contribution in [0.1, 0.15) is 15.9 Å². The van der Waals surface area contributed by atoms with Crippen LogP contribution in [-0.4, -0.2) is 15.8 Å². The van der Waals surface area contributed by atoms with Crippen molar-refractivity contribution < 1.29 is 9.72 Å². The number of hydrogen-bond acceptors (Lipinski definition) is 4. The zero-order valence-corrected chi connectivity index (χ0v) is 9.95. The number of aromatic nitrogens is 1. The van der Waals surface area contributed by atoms with Gasteiger partial charge in [0.15, 0.2) is 0 Å². The lowest BCUT2D eigenvalue weighted by Crippen LogP contribution is -2.22. The number of pyridine rings is 1. The van der Waals surface area contributed by atoms with Gasteiger partial charge < -0.3 is 5.32 Å². The number of non-ortho nitro benzene ring substituents is 1. The molecule has 1 aromatic heterocycles. The molecule has 1 heterocycles. The molecule has 1 amide bonds. The van der Waals surface area contributed by atoms with Gasteiger partial charge in [-0.15, -0.1) is 0 Å². The SMILES string of the molecule is O=C(NCc1cccnc1)c1cccc([N+](=O)[O-])c1. The smallest absolute Gasteiger partial charge is 0.270 e. The van der Waals surface area contributed by atoms with Crippen molar-refractivity contribution in [2.45, 2.75) is 6.54 Å². The maximum atomic E-state index is 11.8. The first kappa shape index (κ1) is 12.7. The van der Waals surface area contributed by atoms with Crippen LogP contribution in [0.5, 0.6) is 0 Å². The summed E-state index contributed by atoms with van der Waals surface area (Å²) in [6.07, 6.45) is 3.29. The third-order valence-corrected chi connectivity index (χ3v) is 2.50. The molecule has 19 heavy (non-hydrogen) atoms. The molecule has 0 aliphatic heterocycles. The predicted molar refractivity (Wildman–Crippen MR) is 68.5 cm³/mol. The van der Waals surface area contributed by atoms with Crippen LogP contribution >= 0.6 is 0 Å². The molecule has 0 aliphatic carbocycles. The molecule has 0 saturated carbocycles. The number of carbonyl (C=O) groups is 1. The van der Waals surface area contributed by atoms with E-state index in [4.69, 9.17) is 0 Å². The molecule has 0 radical (unpaired) electrons. The van der Waals surface area contributed by atoms with Crippen LogP contribution in [0.15, 0.2) is 48.8 Å². The van der Waals surface area contributed by atoms with Crippen molar-refractivity contribution in [2.75, 3.05) is 0 Å². The van der Waals surface area contributed by atoms with Gasteiger partial charge >= 0.3 is 0 Å². The maximum Gasteiger partial charge on any atom is 0.270 e. The van der Waals surface area contributed by atoms with Gasteiger partial charge in [0.1, 0.15) is 0 Å². The Morgan fingerprint density at radius 3 is 2.84 bits per heavy atom. The summed E-state index contributed by atoms with van der Waals surface area (Å²) in [6, 6.07) is 9.22. The van der Waals surface area contributed by atoms with Gasteiger partial charge in [-0.1, -0.05) is 12.1 Å². The molecule has 96 valence electrons. The van der Waals surface area contributed by atoms with E-state index in [1.54, 1.807) is 18.5 Å². The molecule has 6 nitrogen and oxygen atoms in total. The van der Waals surface area contributed by atoms with Gasteiger partial charge in [-0.05, 0) is 17.7 Å². The highest BCUT2D eigenvalue weighted by atomic mass is 16.6. The zero-order valence-electron chi connectivity index (χ0n) is 9.95. The first-order valence-corrected chi connectivity index (χ1v) is 5.58. The molecule has 1 N–H and O–H groups in total. The number of carbonyl (C=O) groups excluding carboxylic acids is 1. The van der Waals surface area contributed by atoms with Gasteiger partial charge in [-0.3, -0.25) is 19.9 Å². The highest BCUT2D eigenvalue weighted by Crippen LogP contribution is 2.13. The zero-order chi connectivity index (χ0) is 13.7. The first-order chi connectivity index (χ1) is 9.16. The summed E-state index contributed by atoms with van der Waals surface area (Å²) in [4.78, 5) is 25.9. The van der Waals surface area contributed by atoms with Crippen molar-refractivity contribution in [3.63, 3.8) is 0 Å². The summed E-state index contributed by atoms with van der Waals surface area (Å²) in [5.41, 5.74) is 1.02. The molecule has 1 aromatic carbocycles. The lowest BCUT2D eigenvalue weighted by molar-refractivity contribution is -0.384. The topological polar surface area (TPSA) is 85.1 Å². The highest BCUT2D eigenvalue weighted by molar-refractivity contribution is 5.94. The number of nitro benzene ring substituents is 1. The summed E-state index contributed by atoms with van der Waals surface area (Å²) in [5.74, 6) is -0.354. The van der Waals surface area contributed by atoms with Crippen LogP contribution in [0.25, 0.3) is 0 Å². The Morgan fingerprint density at radius 1 is 1.32 bits per heavy atom. The third-order valence-electron chi connectivity index (χ3n) is 2.50. The van der Waals surface area contributed by atoms with Crippen LogP contribution in [0, 0.1) is 10.1 Å². The molecule has 0 unspecified atom stereocenters. The van der Waals surface area contributed by atoms with Crippen molar-refractivity contribution >= 4 is 11.6 Å². The minimum atomic E-state index is -0.530. The van der Waals surface area contributed by atoms with E-state index in [9.17, 15) is 14.9 Å². The normalized spacial score (nSPS) is 9.89. The standard InChI is InChI=1S/C13H11N3O3/c17-13(15-9-10-3-2-6-14-8-10)11-4-1-5-12(7-11)16(18)19/h1-8H,9H2,(H,15,17). The van der Waals surface area contributed by atoms with Crippen LogP contribution in [0.3, 0.4) is 0 Å². The van der Waals surface area contributed by atoms with Gasteiger partial charge in [0.05, 0.1) is 4.92 Å². The van der Waals surface area contributed by atoms with Crippen molar-refractivity contribution in [3.05, 3.63) is 70.0 Å². The number of amides is 1. The van der Waals surface area contributed by atoms with E-state index < -0.39 is 4.92 Å². The second-order valence-corrected chi connectivity index (χ2v) is 3.85. The maximum absolute atomic E-state index is 11.8. The van der Waals surface area contributed by atoms with E-state index in [0.29, 0.717) is 6.54 Å². The number of nitrogens with one attached hydrogen (secondary N) is 1. The molecule has 2 rings (SSSR count). The van der Waals surface area contributed by atoms with Gasteiger partial charge in [0.25, 0.3) is 11.6 Å². The van der Waals surface area contributed by atoms with E-state index >= 15 is 0 Å². The average molecular weight is 257 g/mol. The highest BCUT2D eigenvalue weighted by Gasteiger charge is 2.10. The van der Waals surface area contributed by atoms with Crippen LogP contribution in [-0.2, 0) is 6.54 Å². The number of benzene rings is 1. The van der Waals surface area contributed by atoms with Crippen LogP contribution < -0.4 is 5.32 Å². The molecular formula is C13H11N3O3. The van der Waals surface area contributed by atoms with E-state index in [2.05, 4.69) is 10.3 Å². The van der Waals surface area contributed by atoms with Gasteiger partial charge in [-0.2, -0.15) is 0 Å². The Morgan fingerprint density at radius 2 is 2.16 bits per heavy atom. The average Bonchev–Trinajstić information content (AvgIpc) is 2.46. The fourth-order valence-electron chi connectivity index (χ4n) is 1.55. The second-order valence-electron chi connectivity index (χ2n) is 3.85. The molecule has 0 atom stereocenters. The van der Waals surface area contributed by atoms with Gasteiger partial charge in [0.2, 0.25) is 0 Å². The quantitative estimate of drug-likeness (QED) is 0.669. The minimum Gasteiger partial charge on any atom is -0.348 e. The first-order valence-electron chi connectivity index (χ1n) is 5.58. The van der Waals surface area contributed by atoms with E-state index in [-0.39, 0.29) is 17.2 Å². The van der Waals surface area contributed by atoms with Crippen LogP contribution in [0.2, 0.25) is 0 Å². The summed E-state index contributed by atoms with van der Waals surface area (Å²) in [7, 11) is 0. The Labute approximate surface area is 109 Å². The molecule has 0 bridgehead atoms. The molecule has 6 heteroatoms. The lowest BCUT2D eigenvalue weighted by Gasteiger charge is -2.04. The van der Waals surface area contributed by atoms with Crippen molar-refractivity contribution in [1.29, 1.82) is 0 Å². The van der Waals surface area contributed by atoms with Crippen molar-refractivity contribution in [3.8, 4) is 0 Å². The van der Waals surface area contributed by atoms with Crippen LogP contribution in [0.4, 0.5) is 5.69 Å². The van der Waals surface area contributed by atoms with E-state index in [1.807, 2.05) is 6.07 Å². The Hall–Kier alpha value is -2.76. The van der Waals surface area contributed by atoms with Crippen molar-refractivity contribution in [1.82, 2.24) is 10.3 Å². The minimum absolute atomic E-state index is 0.103. The predicted octanol–water partition coefficient (Wildman–Crippen LogP) is 1.92. The van der Waals surface area contributed by atoms with Crippen molar-refractivity contribution in [2.24, 2.45) is 0 Å². The summed E-state index contributed by atoms with van der Waals surface area (Å²) >= 11 is 0. The molecular weight excluding hydrogens is 246 g/mol. The summed E-state index contributed by atoms with van der Waals surface area (Å²) in [6.45, 7) is 0.329. The fourth-order valence-corrected chi connectivity index (χ4v) is 1.55. The Balaban J connectivity index is 2.04. The Kier molecular flexibility index (Phi) is 3.82.